The molecule has 112 valence electrons. The molecule has 2 rings (SSSR count). The van der Waals surface area contributed by atoms with Crippen LogP contribution >= 0.6 is 0 Å². The normalized spacial score (nSPS) is 28.1. The Balaban J connectivity index is 1.91. The number of hydrazine groups is 1. The van der Waals surface area contributed by atoms with Crippen molar-refractivity contribution in [1.29, 1.82) is 0 Å². The highest BCUT2D eigenvalue weighted by molar-refractivity contribution is 4.84. The summed E-state index contributed by atoms with van der Waals surface area (Å²) in [5, 5.41) is 2.47. The molecule has 2 atom stereocenters. The topological polar surface area (TPSA) is 24.5 Å². The lowest BCUT2D eigenvalue weighted by Gasteiger charge is -2.38. The summed E-state index contributed by atoms with van der Waals surface area (Å²) in [6, 6.07) is 1.23. The summed E-state index contributed by atoms with van der Waals surface area (Å²) in [5.41, 5.74) is 3.87. The average Bonchev–Trinajstić information content (AvgIpc) is 2.84. The van der Waals surface area contributed by atoms with Crippen molar-refractivity contribution in [1.82, 2.24) is 10.4 Å². The number of nitrogens with one attached hydrogen (secondary N) is 1. The molecular formula is C16H32N2O. The average molecular weight is 268 g/mol. The predicted molar refractivity (Wildman–Crippen MR) is 79.9 cm³/mol. The number of hydrogen-bond donors (Lipinski definition) is 1. The van der Waals surface area contributed by atoms with Crippen molar-refractivity contribution in [3.8, 4) is 0 Å². The first-order valence-corrected chi connectivity index (χ1v) is 8.24. The molecule has 1 aliphatic heterocycles. The van der Waals surface area contributed by atoms with Gasteiger partial charge in [0.25, 0.3) is 0 Å². The second kappa shape index (κ2) is 7.61. The van der Waals surface area contributed by atoms with Gasteiger partial charge in [0.15, 0.2) is 0 Å². The van der Waals surface area contributed by atoms with E-state index in [2.05, 4.69) is 24.3 Å². The maximum Gasteiger partial charge on any atom is 0.0632 e. The van der Waals surface area contributed by atoms with Crippen molar-refractivity contribution in [2.75, 3.05) is 20.3 Å². The maximum atomic E-state index is 5.36. The summed E-state index contributed by atoms with van der Waals surface area (Å²) in [6.07, 6.45) is 9.70. The van der Waals surface area contributed by atoms with Gasteiger partial charge in [0.05, 0.1) is 6.61 Å². The van der Waals surface area contributed by atoms with Crippen LogP contribution in [0.5, 0.6) is 0 Å². The zero-order chi connectivity index (χ0) is 13.7. The van der Waals surface area contributed by atoms with Crippen LogP contribution in [0, 0.1) is 11.8 Å². The van der Waals surface area contributed by atoms with E-state index in [1.807, 2.05) is 7.11 Å². The first kappa shape index (κ1) is 15.3. The van der Waals surface area contributed by atoms with Crippen LogP contribution in [-0.2, 0) is 4.74 Å². The third-order valence-corrected chi connectivity index (χ3v) is 4.93. The van der Waals surface area contributed by atoms with Gasteiger partial charge in [-0.1, -0.05) is 33.1 Å². The Kier molecular flexibility index (Phi) is 6.11. The van der Waals surface area contributed by atoms with Gasteiger partial charge in [0.1, 0.15) is 0 Å². The molecule has 0 aromatic carbocycles. The smallest absolute Gasteiger partial charge is 0.0632 e. The first-order chi connectivity index (χ1) is 9.22. The van der Waals surface area contributed by atoms with Crippen LogP contribution in [0.1, 0.15) is 58.8 Å². The molecule has 0 aromatic heterocycles. The van der Waals surface area contributed by atoms with Crippen LogP contribution in [0.15, 0.2) is 0 Å². The minimum atomic E-state index is 0.579. The van der Waals surface area contributed by atoms with E-state index >= 15 is 0 Å². The Morgan fingerprint density at radius 2 is 1.84 bits per heavy atom. The molecule has 1 saturated carbocycles. The van der Waals surface area contributed by atoms with E-state index in [0.717, 1.165) is 12.5 Å². The Morgan fingerprint density at radius 3 is 2.47 bits per heavy atom. The number of ether oxygens (including phenoxy) is 1. The van der Waals surface area contributed by atoms with Gasteiger partial charge >= 0.3 is 0 Å². The highest BCUT2D eigenvalue weighted by atomic mass is 16.5. The number of nitrogens with zero attached hydrogens (tertiary/aromatic N) is 1. The molecular weight excluding hydrogens is 236 g/mol. The van der Waals surface area contributed by atoms with Gasteiger partial charge in [-0.15, -0.1) is 0 Å². The highest BCUT2D eigenvalue weighted by Crippen LogP contribution is 2.30. The lowest BCUT2D eigenvalue weighted by atomic mass is 9.80. The second-order valence-corrected chi connectivity index (χ2v) is 6.74. The maximum absolute atomic E-state index is 5.36. The number of rotatable bonds is 6. The first-order valence-electron chi connectivity index (χ1n) is 8.24. The lowest BCUT2D eigenvalue weighted by molar-refractivity contribution is 0.0444. The lowest BCUT2D eigenvalue weighted by Crippen LogP contribution is -2.53. The van der Waals surface area contributed by atoms with Crippen molar-refractivity contribution in [2.24, 2.45) is 11.8 Å². The van der Waals surface area contributed by atoms with E-state index in [9.17, 15) is 0 Å². The predicted octanol–water partition coefficient (Wildman–Crippen LogP) is 3.21. The van der Waals surface area contributed by atoms with E-state index in [-0.39, 0.29) is 0 Å². The second-order valence-electron chi connectivity index (χ2n) is 6.74. The summed E-state index contributed by atoms with van der Waals surface area (Å²) in [7, 11) is 1.82. The summed E-state index contributed by atoms with van der Waals surface area (Å²) < 4.78 is 5.36. The van der Waals surface area contributed by atoms with E-state index < -0.39 is 0 Å². The van der Waals surface area contributed by atoms with E-state index in [4.69, 9.17) is 4.74 Å². The molecule has 0 radical (unpaired) electrons. The van der Waals surface area contributed by atoms with Crippen molar-refractivity contribution >= 4 is 0 Å². The van der Waals surface area contributed by atoms with Crippen molar-refractivity contribution < 1.29 is 4.74 Å². The Hall–Kier alpha value is -0.120. The largest absolute Gasteiger partial charge is 0.383 e. The molecule has 0 amide bonds. The molecule has 2 aliphatic rings. The fourth-order valence-corrected chi connectivity index (χ4v) is 3.85. The SMILES string of the molecule is COC[C@@H]1CCCN1N[C@H](C(C)C)C1CCCCC1. The minimum absolute atomic E-state index is 0.579. The van der Waals surface area contributed by atoms with Gasteiger partial charge in [0, 0.05) is 25.7 Å². The molecule has 0 spiro atoms. The number of hydrogen-bond acceptors (Lipinski definition) is 3. The fourth-order valence-electron chi connectivity index (χ4n) is 3.85. The quantitative estimate of drug-likeness (QED) is 0.800. The van der Waals surface area contributed by atoms with Crippen LogP contribution in [0.4, 0.5) is 0 Å². The molecule has 0 bridgehead atoms. The van der Waals surface area contributed by atoms with Gasteiger partial charge < -0.3 is 4.74 Å². The molecule has 1 saturated heterocycles. The molecule has 3 nitrogen and oxygen atoms in total. The van der Waals surface area contributed by atoms with Gasteiger partial charge in [-0.25, -0.2) is 5.01 Å². The third-order valence-electron chi connectivity index (χ3n) is 4.93. The monoisotopic (exact) mass is 268 g/mol. The standard InChI is InChI=1S/C16H32N2O/c1-13(2)16(14-8-5-4-6-9-14)17-18-11-7-10-15(18)12-19-3/h13-17H,4-12H2,1-3H3/t15-,16+/m0/s1. The van der Waals surface area contributed by atoms with Gasteiger partial charge in [-0.3, -0.25) is 5.43 Å². The summed E-state index contributed by atoms with van der Waals surface area (Å²) in [4.78, 5) is 0. The van der Waals surface area contributed by atoms with Gasteiger partial charge in [0.2, 0.25) is 0 Å². The molecule has 0 aromatic rings. The van der Waals surface area contributed by atoms with Crippen molar-refractivity contribution in [2.45, 2.75) is 70.9 Å². The van der Waals surface area contributed by atoms with Crippen LogP contribution in [0.25, 0.3) is 0 Å². The van der Waals surface area contributed by atoms with Crippen LogP contribution < -0.4 is 5.43 Å². The molecule has 19 heavy (non-hydrogen) atoms. The number of methoxy groups -OCH3 is 1. The Morgan fingerprint density at radius 1 is 1.11 bits per heavy atom. The van der Waals surface area contributed by atoms with Crippen LogP contribution in [0.2, 0.25) is 0 Å². The van der Waals surface area contributed by atoms with Gasteiger partial charge in [-0.2, -0.15) is 0 Å². The van der Waals surface area contributed by atoms with E-state index in [1.54, 1.807) is 0 Å². The van der Waals surface area contributed by atoms with Crippen molar-refractivity contribution in [3.05, 3.63) is 0 Å². The minimum Gasteiger partial charge on any atom is -0.383 e. The zero-order valence-corrected chi connectivity index (χ0v) is 13.0. The third kappa shape index (κ3) is 4.17. The molecule has 2 fully saturated rings. The summed E-state index contributed by atoms with van der Waals surface area (Å²) >= 11 is 0. The van der Waals surface area contributed by atoms with E-state index in [1.165, 1.54) is 51.5 Å². The van der Waals surface area contributed by atoms with Gasteiger partial charge in [-0.05, 0) is 37.5 Å². The molecule has 1 aliphatic carbocycles. The highest BCUT2D eigenvalue weighted by Gasteiger charge is 2.31. The molecule has 0 unspecified atom stereocenters. The zero-order valence-electron chi connectivity index (χ0n) is 13.0. The Labute approximate surface area is 119 Å². The molecule has 3 heteroatoms. The fraction of sp³-hybridized carbons (Fsp3) is 1.00. The molecule has 1 heterocycles. The molecule has 1 N–H and O–H groups in total. The Bertz CT molecular complexity index is 251. The summed E-state index contributed by atoms with van der Waals surface area (Å²) in [5.74, 6) is 1.59. The van der Waals surface area contributed by atoms with E-state index in [0.29, 0.717) is 18.0 Å². The summed E-state index contributed by atoms with van der Waals surface area (Å²) in [6.45, 7) is 6.79. The van der Waals surface area contributed by atoms with Crippen LogP contribution in [0.3, 0.4) is 0 Å². The van der Waals surface area contributed by atoms with Crippen LogP contribution in [-0.4, -0.2) is 37.4 Å². The van der Waals surface area contributed by atoms with Crippen molar-refractivity contribution in [3.63, 3.8) is 0 Å².